The van der Waals surface area contributed by atoms with Crippen molar-refractivity contribution < 1.29 is 17.9 Å². The second-order valence-electron chi connectivity index (χ2n) is 7.37. The number of rotatable bonds is 8. The Morgan fingerprint density at radius 2 is 1.52 bits per heavy atom. The maximum Gasteiger partial charge on any atom is 0.261 e. The Labute approximate surface area is 183 Å². The number of benzene rings is 3. The molecule has 3 aromatic carbocycles. The van der Waals surface area contributed by atoms with Crippen molar-refractivity contribution in [2.24, 2.45) is 0 Å². The summed E-state index contributed by atoms with van der Waals surface area (Å²) in [5.41, 5.74) is 3.96. The molecule has 0 unspecified atom stereocenters. The third kappa shape index (κ3) is 6.08. The molecule has 0 saturated carbocycles. The van der Waals surface area contributed by atoms with Crippen molar-refractivity contribution in [3.05, 3.63) is 89.0 Å². The van der Waals surface area contributed by atoms with E-state index >= 15 is 0 Å². The molecule has 2 N–H and O–H groups in total. The fraction of sp³-hybridized carbons (Fsp3) is 0.208. The molecular weight excluding hydrogens is 412 g/mol. The molecular formula is C24H26N2O4S. The normalized spacial score (nSPS) is 11.1. The first-order valence-corrected chi connectivity index (χ1v) is 11.4. The van der Waals surface area contributed by atoms with Crippen molar-refractivity contribution in [3.8, 4) is 5.75 Å². The Bertz CT molecular complexity index is 1160. The number of aryl methyl sites for hydroxylation is 3. The summed E-state index contributed by atoms with van der Waals surface area (Å²) in [5, 5.41) is 2.80. The highest BCUT2D eigenvalue weighted by Gasteiger charge is 2.14. The van der Waals surface area contributed by atoms with Crippen LogP contribution in [-0.4, -0.2) is 27.5 Å². The Morgan fingerprint density at radius 3 is 2.19 bits per heavy atom. The van der Waals surface area contributed by atoms with Gasteiger partial charge in [0.05, 0.1) is 11.4 Å². The van der Waals surface area contributed by atoms with Crippen molar-refractivity contribution in [3.63, 3.8) is 0 Å². The first-order valence-electron chi connectivity index (χ1n) is 9.92. The molecule has 6 nitrogen and oxygen atoms in total. The lowest BCUT2D eigenvalue weighted by molar-refractivity contribution is 0.0947. The van der Waals surface area contributed by atoms with Crippen LogP contribution in [-0.2, 0) is 10.0 Å². The third-order valence-electron chi connectivity index (χ3n) is 4.72. The summed E-state index contributed by atoms with van der Waals surface area (Å²) in [6.45, 7) is 6.57. The van der Waals surface area contributed by atoms with E-state index in [1.165, 1.54) is 0 Å². The topological polar surface area (TPSA) is 84.5 Å². The average molecular weight is 439 g/mol. The molecule has 0 bridgehead atoms. The first-order chi connectivity index (χ1) is 14.7. The molecule has 3 aromatic rings. The monoisotopic (exact) mass is 438 g/mol. The van der Waals surface area contributed by atoms with Crippen LogP contribution in [0, 0.1) is 20.8 Å². The van der Waals surface area contributed by atoms with Crippen molar-refractivity contribution in [2.75, 3.05) is 17.9 Å². The van der Waals surface area contributed by atoms with E-state index in [4.69, 9.17) is 4.74 Å². The molecule has 0 saturated heterocycles. The lowest BCUT2D eigenvalue weighted by Crippen LogP contribution is -2.28. The van der Waals surface area contributed by atoms with Gasteiger partial charge in [0.1, 0.15) is 12.4 Å². The molecule has 1 amide bonds. The first kappa shape index (κ1) is 22.4. The molecule has 3 rings (SSSR count). The second-order valence-corrected chi connectivity index (χ2v) is 9.05. The molecule has 31 heavy (non-hydrogen) atoms. The molecule has 0 aromatic heterocycles. The second kappa shape index (κ2) is 9.66. The van der Waals surface area contributed by atoms with Gasteiger partial charge in [-0.05, 0) is 74.4 Å². The van der Waals surface area contributed by atoms with Gasteiger partial charge in [-0.3, -0.25) is 9.52 Å². The molecule has 0 aliphatic rings. The van der Waals surface area contributed by atoms with E-state index in [9.17, 15) is 13.2 Å². The van der Waals surface area contributed by atoms with Crippen LogP contribution in [0.15, 0.2) is 71.6 Å². The van der Waals surface area contributed by atoms with E-state index in [0.717, 1.165) is 22.4 Å². The van der Waals surface area contributed by atoms with Crippen LogP contribution in [0.3, 0.4) is 0 Å². The van der Waals surface area contributed by atoms with E-state index in [2.05, 4.69) is 10.0 Å². The number of anilines is 1. The zero-order valence-corrected chi connectivity index (χ0v) is 18.6. The van der Waals surface area contributed by atoms with Crippen LogP contribution in [0.5, 0.6) is 5.75 Å². The number of nitrogens with one attached hydrogen (secondary N) is 2. The highest BCUT2D eigenvalue weighted by Crippen LogP contribution is 2.19. The summed E-state index contributed by atoms with van der Waals surface area (Å²) >= 11 is 0. The number of carbonyl (C=O) groups excluding carboxylic acids is 1. The Balaban J connectivity index is 1.52. The van der Waals surface area contributed by atoms with E-state index in [-0.39, 0.29) is 10.8 Å². The minimum absolute atomic E-state index is 0.184. The third-order valence-corrected chi connectivity index (χ3v) is 6.12. The summed E-state index contributed by atoms with van der Waals surface area (Å²) in [6, 6.07) is 18.9. The number of ether oxygens (including phenoxy) is 1. The van der Waals surface area contributed by atoms with Crippen molar-refractivity contribution >= 4 is 21.6 Å². The molecule has 0 heterocycles. The minimum atomic E-state index is -3.68. The molecule has 0 radical (unpaired) electrons. The molecule has 162 valence electrons. The minimum Gasteiger partial charge on any atom is -0.491 e. The molecule has 7 heteroatoms. The molecule has 0 atom stereocenters. The SMILES string of the molecule is Cc1ccc(S(=O)(=O)Nc2ccc(C(=O)NCCOc3cc(C)ccc3C)cc2)cc1. The fourth-order valence-electron chi connectivity index (χ4n) is 2.91. The van der Waals surface area contributed by atoms with Gasteiger partial charge in [-0.25, -0.2) is 8.42 Å². The van der Waals surface area contributed by atoms with Crippen LogP contribution in [0.2, 0.25) is 0 Å². The zero-order valence-electron chi connectivity index (χ0n) is 17.8. The quantitative estimate of drug-likeness (QED) is 0.516. The van der Waals surface area contributed by atoms with Gasteiger partial charge >= 0.3 is 0 Å². The van der Waals surface area contributed by atoms with Crippen LogP contribution in [0.25, 0.3) is 0 Å². The number of hydrogen-bond donors (Lipinski definition) is 2. The Morgan fingerprint density at radius 1 is 0.871 bits per heavy atom. The summed E-state index contributed by atoms with van der Waals surface area (Å²) in [7, 11) is -3.68. The summed E-state index contributed by atoms with van der Waals surface area (Å²) in [5.74, 6) is 0.553. The maximum absolute atomic E-state index is 12.5. The summed E-state index contributed by atoms with van der Waals surface area (Å²) in [6.07, 6.45) is 0. The lowest BCUT2D eigenvalue weighted by atomic mass is 10.1. The van der Waals surface area contributed by atoms with Gasteiger partial charge in [-0.15, -0.1) is 0 Å². The molecule has 0 fully saturated rings. The van der Waals surface area contributed by atoms with E-state index in [1.807, 2.05) is 39.0 Å². The van der Waals surface area contributed by atoms with E-state index in [0.29, 0.717) is 24.4 Å². The van der Waals surface area contributed by atoms with Gasteiger partial charge in [0.2, 0.25) is 0 Å². The fourth-order valence-corrected chi connectivity index (χ4v) is 3.97. The summed E-state index contributed by atoms with van der Waals surface area (Å²) < 4.78 is 33.2. The van der Waals surface area contributed by atoms with Crippen LogP contribution >= 0.6 is 0 Å². The van der Waals surface area contributed by atoms with Crippen LogP contribution < -0.4 is 14.8 Å². The summed E-state index contributed by atoms with van der Waals surface area (Å²) in [4.78, 5) is 12.5. The smallest absolute Gasteiger partial charge is 0.261 e. The van der Waals surface area contributed by atoms with Gasteiger partial charge in [0, 0.05) is 11.3 Å². The van der Waals surface area contributed by atoms with Gasteiger partial charge in [0.15, 0.2) is 0 Å². The lowest BCUT2D eigenvalue weighted by Gasteiger charge is -2.11. The maximum atomic E-state index is 12.5. The van der Waals surface area contributed by atoms with Gasteiger partial charge in [-0.1, -0.05) is 29.8 Å². The highest BCUT2D eigenvalue weighted by atomic mass is 32.2. The molecule has 0 aliphatic heterocycles. The van der Waals surface area contributed by atoms with Crippen molar-refractivity contribution in [2.45, 2.75) is 25.7 Å². The van der Waals surface area contributed by atoms with Gasteiger partial charge in [-0.2, -0.15) is 0 Å². The van der Waals surface area contributed by atoms with Gasteiger partial charge < -0.3 is 10.1 Å². The van der Waals surface area contributed by atoms with Crippen molar-refractivity contribution in [1.29, 1.82) is 0 Å². The predicted octanol–water partition coefficient (Wildman–Crippen LogP) is 4.22. The molecule has 0 aliphatic carbocycles. The number of hydrogen-bond acceptors (Lipinski definition) is 4. The number of carbonyl (C=O) groups is 1. The largest absolute Gasteiger partial charge is 0.491 e. The highest BCUT2D eigenvalue weighted by molar-refractivity contribution is 7.92. The van der Waals surface area contributed by atoms with E-state index < -0.39 is 10.0 Å². The Hall–Kier alpha value is -3.32. The van der Waals surface area contributed by atoms with Crippen LogP contribution in [0.1, 0.15) is 27.0 Å². The average Bonchev–Trinajstić information content (AvgIpc) is 2.74. The number of sulfonamides is 1. The molecule has 0 spiro atoms. The number of amides is 1. The van der Waals surface area contributed by atoms with Crippen molar-refractivity contribution in [1.82, 2.24) is 5.32 Å². The standard InChI is InChI=1S/C24H26N2O4S/c1-17-5-12-22(13-6-17)31(28,29)26-21-10-8-20(9-11-21)24(27)25-14-15-30-23-16-18(2)4-7-19(23)3/h4-13,16,26H,14-15H2,1-3H3,(H,25,27). The Kier molecular flexibility index (Phi) is 6.97. The zero-order chi connectivity index (χ0) is 22.4. The predicted molar refractivity (Wildman–Crippen MR) is 122 cm³/mol. The van der Waals surface area contributed by atoms with E-state index in [1.54, 1.807) is 48.5 Å². The van der Waals surface area contributed by atoms with Crippen LogP contribution in [0.4, 0.5) is 5.69 Å². The van der Waals surface area contributed by atoms with Gasteiger partial charge in [0.25, 0.3) is 15.9 Å².